The molecule has 1 radical (unpaired) electrons. The van der Waals surface area contributed by atoms with E-state index in [0.717, 1.165) is 6.42 Å². The van der Waals surface area contributed by atoms with Gasteiger partial charge >= 0.3 is 0 Å². The summed E-state index contributed by atoms with van der Waals surface area (Å²) < 4.78 is 0. The maximum Gasteiger partial charge on any atom is 0 e. The molecule has 0 aromatic heterocycles. The average Bonchev–Trinajstić information content (AvgIpc) is 1.68. The van der Waals surface area contributed by atoms with Crippen molar-refractivity contribution in [3.8, 4) is 5.92 Å². The molecule has 0 rings (SSSR count). The first-order chi connectivity index (χ1) is 3.12. The molecule has 0 heterocycles. The molecule has 0 nitrogen and oxygen atoms in total. The van der Waals surface area contributed by atoms with Crippen LogP contribution < -0.4 is 0 Å². The van der Waals surface area contributed by atoms with Gasteiger partial charge in [0.05, 0.1) is 0 Å². The molecular formula is C7H11V-. The number of rotatable bonds is 1. The third-order valence-electron chi connectivity index (χ3n) is 1.22. The molecule has 0 spiro atoms. The van der Waals surface area contributed by atoms with E-state index in [1.807, 2.05) is 13.8 Å². The van der Waals surface area contributed by atoms with Crippen LogP contribution in [0.15, 0.2) is 0 Å². The summed E-state index contributed by atoms with van der Waals surface area (Å²) in [6.45, 7) is 6.06. The predicted octanol–water partition coefficient (Wildman–Crippen LogP) is 2.01. The van der Waals surface area contributed by atoms with Crippen LogP contribution in [-0.4, -0.2) is 0 Å². The van der Waals surface area contributed by atoms with E-state index in [9.17, 15) is 0 Å². The minimum absolute atomic E-state index is 0. The molecule has 0 aromatic carbocycles. The molecule has 0 aliphatic carbocycles. The van der Waals surface area contributed by atoms with E-state index < -0.39 is 0 Å². The summed E-state index contributed by atoms with van der Waals surface area (Å²) in [6.07, 6.45) is 7.75. The molecule has 0 aliphatic rings. The van der Waals surface area contributed by atoms with Gasteiger partial charge in [0.15, 0.2) is 0 Å². The van der Waals surface area contributed by atoms with Crippen molar-refractivity contribution in [3.63, 3.8) is 0 Å². The summed E-state index contributed by atoms with van der Waals surface area (Å²) in [5, 5.41) is 0. The van der Waals surface area contributed by atoms with E-state index in [4.69, 9.17) is 6.42 Å². The Labute approximate surface area is 63.9 Å². The van der Waals surface area contributed by atoms with Crippen molar-refractivity contribution in [2.45, 2.75) is 27.2 Å². The van der Waals surface area contributed by atoms with Gasteiger partial charge < -0.3 is 12.3 Å². The van der Waals surface area contributed by atoms with Crippen LogP contribution in [0.3, 0.4) is 0 Å². The molecule has 0 saturated carbocycles. The summed E-state index contributed by atoms with van der Waals surface area (Å²) >= 11 is 0. The van der Waals surface area contributed by atoms with Crippen molar-refractivity contribution in [2.75, 3.05) is 0 Å². The normalized spacial score (nSPS) is 9.25. The summed E-state index contributed by atoms with van der Waals surface area (Å²) in [6, 6.07) is 0. The molecule has 0 N–H and O–H groups in total. The zero-order valence-electron chi connectivity index (χ0n) is 5.65. The standard InChI is InChI=1S/C7H11.V/c1-5-7(3,4)6-2;/h5H2,1,3-4H3;/q-1;. The van der Waals surface area contributed by atoms with Gasteiger partial charge in [-0.15, -0.1) is 0 Å². The van der Waals surface area contributed by atoms with Gasteiger partial charge in [-0.3, -0.25) is 0 Å². The molecule has 0 aliphatic heterocycles. The molecule has 8 heavy (non-hydrogen) atoms. The topological polar surface area (TPSA) is 0 Å². The fraction of sp³-hybridized carbons (Fsp3) is 0.714. The second-order valence-corrected chi connectivity index (χ2v) is 2.36. The van der Waals surface area contributed by atoms with Crippen LogP contribution in [0.5, 0.6) is 0 Å². The Balaban J connectivity index is 0. The minimum atomic E-state index is 0. The molecule has 0 fully saturated rings. The second kappa shape index (κ2) is 4.07. The quantitative estimate of drug-likeness (QED) is 0.392. The van der Waals surface area contributed by atoms with Gasteiger partial charge in [0, 0.05) is 18.6 Å². The van der Waals surface area contributed by atoms with E-state index in [-0.39, 0.29) is 24.0 Å². The predicted molar refractivity (Wildman–Crippen MR) is 31.2 cm³/mol. The third kappa shape index (κ3) is 4.31. The smallest absolute Gasteiger partial charge is 0 e. The Morgan fingerprint density at radius 3 is 1.88 bits per heavy atom. The van der Waals surface area contributed by atoms with E-state index in [1.54, 1.807) is 0 Å². The van der Waals surface area contributed by atoms with Gasteiger partial charge in [-0.1, -0.05) is 20.8 Å². The fourth-order valence-electron chi connectivity index (χ4n) is 0.0884. The Bertz CT molecular complexity index is 87.1. The zero-order valence-corrected chi connectivity index (χ0v) is 7.05. The van der Waals surface area contributed by atoms with Crippen LogP contribution in [-0.2, 0) is 18.6 Å². The van der Waals surface area contributed by atoms with Gasteiger partial charge in [0.1, 0.15) is 0 Å². The van der Waals surface area contributed by atoms with Crippen LogP contribution in [0.1, 0.15) is 27.2 Å². The maximum atomic E-state index is 6.76. The number of hydrogen-bond acceptors (Lipinski definition) is 0. The van der Waals surface area contributed by atoms with Gasteiger partial charge in [-0.2, -0.15) is 0 Å². The minimum Gasteiger partial charge on any atom is -0.693 e. The molecule has 0 saturated heterocycles. The van der Waals surface area contributed by atoms with Gasteiger partial charge in [-0.25, -0.2) is 0 Å². The van der Waals surface area contributed by atoms with Crippen molar-refractivity contribution >= 4 is 0 Å². The second-order valence-electron chi connectivity index (χ2n) is 2.36. The van der Waals surface area contributed by atoms with Crippen molar-refractivity contribution in [2.24, 2.45) is 5.41 Å². The van der Waals surface area contributed by atoms with Gasteiger partial charge in [-0.05, 0) is 11.8 Å². The molecule has 45 valence electrons. The van der Waals surface area contributed by atoms with Gasteiger partial charge in [0.2, 0.25) is 0 Å². The number of hydrogen-bond donors (Lipinski definition) is 0. The first kappa shape index (κ1) is 11.0. The van der Waals surface area contributed by atoms with E-state index >= 15 is 0 Å². The van der Waals surface area contributed by atoms with E-state index in [0.29, 0.717) is 0 Å². The van der Waals surface area contributed by atoms with Crippen molar-refractivity contribution in [1.29, 1.82) is 0 Å². The van der Waals surface area contributed by atoms with Crippen LogP contribution in [0.2, 0.25) is 0 Å². The zero-order chi connectivity index (χ0) is 5.91. The SMILES string of the molecule is [C-]#CC(C)(C)CC.[V]. The average molecular weight is 146 g/mol. The summed E-state index contributed by atoms with van der Waals surface area (Å²) in [4.78, 5) is 0. The van der Waals surface area contributed by atoms with E-state index in [2.05, 4.69) is 12.8 Å². The van der Waals surface area contributed by atoms with Crippen molar-refractivity contribution in [1.82, 2.24) is 0 Å². The van der Waals surface area contributed by atoms with Crippen LogP contribution >= 0.6 is 0 Å². The van der Waals surface area contributed by atoms with Crippen molar-refractivity contribution in [3.05, 3.63) is 6.42 Å². The van der Waals surface area contributed by atoms with Crippen LogP contribution in [0.25, 0.3) is 0 Å². The van der Waals surface area contributed by atoms with E-state index in [1.165, 1.54) is 0 Å². The Morgan fingerprint density at radius 1 is 1.50 bits per heavy atom. The summed E-state index contributed by atoms with van der Waals surface area (Å²) in [5.41, 5.74) is 0. The molecule has 0 unspecified atom stereocenters. The fourth-order valence-corrected chi connectivity index (χ4v) is 0.0884. The summed E-state index contributed by atoms with van der Waals surface area (Å²) in [7, 11) is 0. The van der Waals surface area contributed by atoms with Crippen LogP contribution in [0, 0.1) is 17.8 Å². The van der Waals surface area contributed by atoms with Gasteiger partial charge in [0.25, 0.3) is 0 Å². The van der Waals surface area contributed by atoms with Crippen LogP contribution in [0.4, 0.5) is 0 Å². The molecule has 0 atom stereocenters. The Kier molecular flexibility index (Phi) is 5.60. The molecule has 0 aromatic rings. The Hall–Kier alpha value is 0.144. The molecule has 0 amide bonds. The molecular weight excluding hydrogens is 135 g/mol. The maximum absolute atomic E-state index is 6.76. The molecule has 0 bridgehead atoms. The molecule has 1 heteroatoms. The first-order valence-corrected chi connectivity index (χ1v) is 2.56. The largest absolute Gasteiger partial charge is 0.693 e. The third-order valence-corrected chi connectivity index (χ3v) is 1.22. The Morgan fingerprint density at radius 2 is 1.88 bits per heavy atom. The monoisotopic (exact) mass is 146 g/mol. The first-order valence-electron chi connectivity index (χ1n) is 2.56. The van der Waals surface area contributed by atoms with Crippen molar-refractivity contribution < 1.29 is 18.6 Å². The summed E-state index contributed by atoms with van der Waals surface area (Å²) in [5.74, 6) is 2.44.